The Bertz CT molecular complexity index is 7.61. The molecule has 0 unspecified atom stereocenters. The van der Waals surface area contributed by atoms with Crippen molar-refractivity contribution in [2.45, 2.75) is 0 Å². The summed E-state index contributed by atoms with van der Waals surface area (Å²) < 4.78 is 0. The van der Waals surface area contributed by atoms with E-state index in [9.17, 15) is 0 Å². The van der Waals surface area contributed by atoms with Crippen LogP contribution in [-0.4, -0.2) is 0 Å². The molecule has 0 spiro atoms. The topological polar surface area (TPSA) is 0 Å². The smallest absolute Gasteiger partial charge is 0.358 e. The maximum atomic E-state index is 0. The Hall–Kier alpha value is 1.71. The standard InChI is InChI=1S/2CH3.Cu.2Li/h2*1H3;;;/q2*-1;;2*+1. The summed E-state index contributed by atoms with van der Waals surface area (Å²) in [7, 11) is 0. The normalized spacial score (nSPS) is 0. The molecule has 0 bridgehead atoms. The van der Waals surface area contributed by atoms with Gasteiger partial charge in [0.15, 0.2) is 0 Å². The monoisotopic (exact) mass is 107 g/mol. The Kier molecular flexibility index (Phi) is 645. The first-order valence-corrected chi connectivity index (χ1v) is 0. The summed E-state index contributed by atoms with van der Waals surface area (Å²) in [5, 5.41) is 0. The molecule has 27 valence electrons. The van der Waals surface area contributed by atoms with E-state index < -0.39 is 0 Å². The van der Waals surface area contributed by atoms with Crippen LogP contribution in [0.25, 0.3) is 0 Å². The summed E-state index contributed by atoms with van der Waals surface area (Å²) in [4.78, 5) is 0. The summed E-state index contributed by atoms with van der Waals surface area (Å²) in [5.41, 5.74) is 0. The van der Waals surface area contributed by atoms with Crippen LogP contribution in [0.2, 0.25) is 0 Å². The molecule has 0 amide bonds. The average molecular weight is 107 g/mol. The fraction of sp³-hybridized carbons (Fsp3) is 0. The zero-order valence-corrected chi connectivity index (χ0v) is 5.24. The van der Waals surface area contributed by atoms with Crippen molar-refractivity contribution in [1.29, 1.82) is 0 Å². The third-order valence-corrected chi connectivity index (χ3v) is 0. The fourth-order valence-corrected chi connectivity index (χ4v) is 0. The van der Waals surface area contributed by atoms with Crippen LogP contribution < -0.4 is 37.7 Å². The molecule has 1 radical (unpaired) electrons. The largest absolute Gasteiger partial charge is 1.00 e. The molecule has 0 atom stereocenters. The van der Waals surface area contributed by atoms with Crippen molar-refractivity contribution in [2.75, 3.05) is 0 Å². The van der Waals surface area contributed by atoms with Gasteiger partial charge in [0, 0.05) is 17.1 Å². The van der Waals surface area contributed by atoms with Crippen LogP contribution in [0.5, 0.6) is 0 Å². The van der Waals surface area contributed by atoms with E-state index in [1.165, 1.54) is 0 Å². The Morgan fingerprint density at radius 1 is 0.600 bits per heavy atom. The molecule has 0 N–H and O–H groups in total. The summed E-state index contributed by atoms with van der Waals surface area (Å²) in [5.74, 6) is 0. The predicted octanol–water partition coefficient (Wildman–Crippen LogP) is -5.09. The van der Waals surface area contributed by atoms with Crippen LogP contribution in [0.3, 0.4) is 0 Å². The molecule has 0 aromatic heterocycles. The molecule has 0 aromatic rings. The average Bonchev–Trinajstić information content (AvgIpc) is 0. The maximum absolute atomic E-state index is 0. The van der Waals surface area contributed by atoms with Gasteiger partial charge in [-0.3, -0.25) is 0 Å². The zero-order valence-electron chi connectivity index (χ0n) is 4.30. The van der Waals surface area contributed by atoms with E-state index in [-0.39, 0.29) is 69.6 Å². The molecule has 0 fully saturated rings. The third kappa shape index (κ3) is 26.8. The Labute approximate surface area is 69.3 Å². The van der Waals surface area contributed by atoms with E-state index >= 15 is 0 Å². The number of rotatable bonds is 0. The van der Waals surface area contributed by atoms with Crippen LogP contribution in [0.1, 0.15) is 0 Å². The molecule has 0 heterocycles. The Morgan fingerprint density at radius 3 is 0.600 bits per heavy atom. The second-order valence-electron chi connectivity index (χ2n) is 0. The van der Waals surface area contributed by atoms with Gasteiger partial charge in [-0.25, -0.2) is 0 Å². The van der Waals surface area contributed by atoms with Crippen LogP contribution in [0.4, 0.5) is 0 Å². The van der Waals surface area contributed by atoms with E-state index in [0.717, 1.165) is 0 Å². The van der Waals surface area contributed by atoms with Crippen molar-refractivity contribution in [1.82, 2.24) is 0 Å². The van der Waals surface area contributed by atoms with Crippen molar-refractivity contribution in [3.05, 3.63) is 14.9 Å². The van der Waals surface area contributed by atoms with Gasteiger partial charge in [0.05, 0.1) is 0 Å². The number of hydrogen-bond donors (Lipinski definition) is 0. The van der Waals surface area contributed by atoms with Crippen molar-refractivity contribution >= 4 is 0 Å². The van der Waals surface area contributed by atoms with E-state index in [1.54, 1.807) is 0 Å². The van der Waals surface area contributed by atoms with Crippen LogP contribution in [-0.2, 0) is 17.1 Å². The van der Waals surface area contributed by atoms with E-state index in [1.807, 2.05) is 0 Å². The molecule has 0 rings (SSSR count). The molecule has 5 heavy (non-hydrogen) atoms. The quantitative estimate of drug-likeness (QED) is 0.215. The zero-order chi connectivity index (χ0) is 0. The molecule has 3 heteroatoms. The second kappa shape index (κ2) is 43.2. The van der Waals surface area contributed by atoms with Gasteiger partial charge in [-0.1, -0.05) is 0 Å². The van der Waals surface area contributed by atoms with Gasteiger partial charge in [-0.2, -0.15) is 0 Å². The van der Waals surface area contributed by atoms with Gasteiger partial charge in [0.2, 0.25) is 0 Å². The van der Waals surface area contributed by atoms with Crippen LogP contribution in [0.15, 0.2) is 0 Å². The van der Waals surface area contributed by atoms with Gasteiger partial charge in [-0.05, 0) is 0 Å². The molecule has 0 saturated heterocycles. The molecule has 0 aliphatic rings. The summed E-state index contributed by atoms with van der Waals surface area (Å²) in [6.45, 7) is 0. The van der Waals surface area contributed by atoms with Gasteiger partial charge in [-0.15, -0.1) is 0 Å². The maximum Gasteiger partial charge on any atom is 1.00 e. The fourth-order valence-electron chi connectivity index (χ4n) is 0. The molecular formula is C2H6CuLi2. The van der Waals surface area contributed by atoms with E-state index in [4.69, 9.17) is 0 Å². The second-order valence-corrected chi connectivity index (χ2v) is 0. The minimum absolute atomic E-state index is 0. The van der Waals surface area contributed by atoms with Gasteiger partial charge >= 0.3 is 37.7 Å². The van der Waals surface area contributed by atoms with Gasteiger partial charge in [0.1, 0.15) is 0 Å². The molecule has 0 nitrogen and oxygen atoms in total. The van der Waals surface area contributed by atoms with Crippen molar-refractivity contribution in [3.8, 4) is 0 Å². The first-order chi connectivity index (χ1) is 0. The van der Waals surface area contributed by atoms with Crippen LogP contribution in [0, 0.1) is 14.9 Å². The van der Waals surface area contributed by atoms with E-state index in [0.29, 0.717) is 0 Å². The van der Waals surface area contributed by atoms with Crippen molar-refractivity contribution < 1.29 is 54.8 Å². The minimum Gasteiger partial charge on any atom is -0.358 e. The van der Waals surface area contributed by atoms with Crippen molar-refractivity contribution in [2.24, 2.45) is 0 Å². The third-order valence-electron chi connectivity index (χ3n) is 0. The minimum atomic E-state index is 0. The SMILES string of the molecule is [CH3-].[CH3-].[Cu].[Li+].[Li+]. The van der Waals surface area contributed by atoms with Gasteiger partial charge < -0.3 is 14.9 Å². The number of hydrogen-bond acceptors (Lipinski definition) is 0. The first-order valence-electron chi connectivity index (χ1n) is 0. The Morgan fingerprint density at radius 2 is 0.600 bits per heavy atom. The summed E-state index contributed by atoms with van der Waals surface area (Å²) in [6.07, 6.45) is 0. The molecule has 0 aliphatic carbocycles. The summed E-state index contributed by atoms with van der Waals surface area (Å²) >= 11 is 0. The molecule has 0 saturated carbocycles. The molecule has 0 aromatic carbocycles. The molecule has 0 aliphatic heterocycles. The molecular weight excluding hydrogens is 101 g/mol. The first kappa shape index (κ1) is 74.6. The summed E-state index contributed by atoms with van der Waals surface area (Å²) in [6, 6.07) is 0. The van der Waals surface area contributed by atoms with Crippen molar-refractivity contribution in [3.63, 3.8) is 0 Å². The van der Waals surface area contributed by atoms with Gasteiger partial charge in [0.25, 0.3) is 0 Å². The Balaban J connectivity index is 0. The van der Waals surface area contributed by atoms with Crippen LogP contribution >= 0.6 is 0 Å². The van der Waals surface area contributed by atoms with E-state index in [2.05, 4.69) is 0 Å². The predicted molar refractivity (Wildman–Crippen MR) is 12.8 cm³/mol.